The van der Waals surface area contributed by atoms with E-state index in [0.717, 1.165) is 26.9 Å². The van der Waals surface area contributed by atoms with E-state index >= 15 is 0 Å². The molecule has 0 bridgehead atoms. The highest BCUT2D eigenvalue weighted by Crippen LogP contribution is 2.32. The smallest absolute Gasteiger partial charge is 0.115 e. The normalized spacial score (nSPS) is 12.7. The second-order valence-corrected chi connectivity index (χ2v) is 7.52. The van der Waals surface area contributed by atoms with E-state index in [2.05, 4.69) is 76.1 Å². The third kappa shape index (κ3) is 3.50. The molecule has 0 spiro atoms. The molecular weight excluding hydrogens is 400 g/mol. The molecule has 1 N–H and O–H groups in total. The molecule has 20 heavy (non-hydrogen) atoms. The summed E-state index contributed by atoms with van der Waals surface area (Å²) in [6.07, 6.45) is 0.991. The molecule has 1 unspecified atom stereocenters. The van der Waals surface area contributed by atoms with E-state index in [9.17, 15) is 0 Å². The second-order valence-electron chi connectivity index (χ2n) is 4.57. The first kappa shape index (κ1) is 16.1. The number of hydrogen-bond donors (Lipinski definition) is 1. The standard InChI is InChI=1S/C15H18Br2N2S/c1-4-13-9(3)20-15(19-13)14(18-5-2)10-6-7-11(16)12(17)8-10/h6-8,14,18H,4-5H2,1-3H3. The largest absolute Gasteiger partial charge is 0.305 e. The summed E-state index contributed by atoms with van der Waals surface area (Å²) < 4.78 is 2.14. The van der Waals surface area contributed by atoms with E-state index in [0.29, 0.717) is 0 Å². The number of benzene rings is 1. The summed E-state index contributed by atoms with van der Waals surface area (Å²) in [6.45, 7) is 7.35. The number of nitrogens with one attached hydrogen (secondary N) is 1. The molecule has 0 saturated carbocycles. The van der Waals surface area contributed by atoms with Crippen LogP contribution in [0.1, 0.15) is 41.0 Å². The van der Waals surface area contributed by atoms with Gasteiger partial charge in [-0.05, 0) is 69.4 Å². The Kier molecular flexibility index (Phi) is 5.78. The van der Waals surface area contributed by atoms with Crippen LogP contribution in [0.5, 0.6) is 0 Å². The SMILES string of the molecule is CCNC(c1ccc(Br)c(Br)c1)c1nc(CC)c(C)s1. The van der Waals surface area contributed by atoms with Crippen LogP contribution in [0.25, 0.3) is 0 Å². The van der Waals surface area contributed by atoms with E-state index in [4.69, 9.17) is 4.98 Å². The Morgan fingerprint density at radius 2 is 2.00 bits per heavy atom. The van der Waals surface area contributed by atoms with Gasteiger partial charge >= 0.3 is 0 Å². The van der Waals surface area contributed by atoms with Gasteiger partial charge in [-0.3, -0.25) is 0 Å². The molecule has 0 amide bonds. The van der Waals surface area contributed by atoms with Crippen molar-refractivity contribution in [3.8, 4) is 0 Å². The van der Waals surface area contributed by atoms with E-state index in [1.165, 1.54) is 16.1 Å². The summed E-state index contributed by atoms with van der Waals surface area (Å²) in [5.74, 6) is 0. The first-order valence-electron chi connectivity index (χ1n) is 6.71. The Hall–Kier alpha value is -0.230. The number of rotatable bonds is 5. The summed E-state index contributed by atoms with van der Waals surface area (Å²) >= 11 is 8.89. The summed E-state index contributed by atoms with van der Waals surface area (Å²) in [4.78, 5) is 6.13. The third-order valence-corrected chi connectivity index (χ3v) is 6.13. The zero-order valence-corrected chi connectivity index (χ0v) is 15.8. The number of nitrogens with zero attached hydrogens (tertiary/aromatic N) is 1. The van der Waals surface area contributed by atoms with Crippen LogP contribution in [-0.4, -0.2) is 11.5 Å². The van der Waals surface area contributed by atoms with Gasteiger partial charge in [0.15, 0.2) is 0 Å². The highest BCUT2D eigenvalue weighted by molar-refractivity contribution is 9.13. The van der Waals surface area contributed by atoms with E-state index in [-0.39, 0.29) is 6.04 Å². The van der Waals surface area contributed by atoms with Crippen molar-refractivity contribution in [2.24, 2.45) is 0 Å². The van der Waals surface area contributed by atoms with Crippen molar-refractivity contribution in [3.05, 3.63) is 48.3 Å². The average Bonchev–Trinajstić information content (AvgIpc) is 2.80. The average molecular weight is 418 g/mol. The molecule has 2 nitrogen and oxygen atoms in total. The highest BCUT2D eigenvalue weighted by Gasteiger charge is 2.19. The monoisotopic (exact) mass is 416 g/mol. The molecule has 0 aliphatic rings. The summed E-state index contributed by atoms with van der Waals surface area (Å²) in [6, 6.07) is 6.53. The molecule has 2 aromatic rings. The van der Waals surface area contributed by atoms with Gasteiger partial charge in [-0.25, -0.2) is 4.98 Å². The summed E-state index contributed by atoms with van der Waals surface area (Å²) in [5, 5.41) is 4.69. The molecule has 5 heteroatoms. The molecule has 0 saturated heterocycles. The second kappa shape index (κ2) is 7.16. The van der Waals surface area contributed by atoms with Gasteiger partial charge in [-0.2, -0.15) is 0 Å². The molecule has 1 atom stereocenters. The minimum absolute atomic E-state index is 0.161. The van der Waals surface area contributed by atoms with Crippen molar-refractivity contribution in [3.63, 3.8) is 0 Å². The first-order valence-corrected chi connectivity index (χ1v) is 9.11. The Morgan fingerprint density at radius 1 is 1.25 bits per heavy atom. The summed E-state index contributed by atoms with van der Waals surface area (Å²) in [5.41, 5.74) is 2.45. The van der Waals surface area contributed by atoms with Crippen LogP contribution in [0.15, 0.2) is 27.1 Å². The zero-order valence-electron chi connectivity index (χ0n) is 11.8. The van der Waals surface area contributed by atoms with Crippen LogP contribution in [0.3, 0.4) is 0 Å². The van der Waals surface area contributed by atoms with Crippen molar-refractivity contribution < 1.29 is 0 Å². The number of aryl methyl sites for hydroxylation is 2. The van der Waals surface area contributed by atoms with Crippen molar-refractivity contribution >= 4 is 43.2 Å². The van der Waals surface area contributed by atoms with Crippen LogP contribution in [-0.2, 0) is 6.42 Å². The zero-order chi connectivity index (χ0) is 14.7. The van der Waals surface area contributed by atoms with Gasteiger partial charge in [0, 0.05) is 13.8 Å². The van der Waals surface area contributed by atoms with Crippen LogP contribution < -0.4 is 5.32 Å². The van der Waals surface area contributed by atoms with Gasteiger partial charge in [-0.1, -0.05) is 19.9 Å². The molecule has 1 aromatic heterocycles. The van der Waals surface area contributed by atoms with Crippen molar-refractivity contribution in [2.45, 2.75) is 33.2 Å². The quantitative estimate of drug-likeness (QED) is 0.719. The maximum atomic E-state index is 4.80. The molecule has 1 aromatic carbocycles. The third-order valence-electron chi connectivity index (χ3n) is 3.18. The number of halogens is 2. The minimum atomic E-state index is 0.161. The molecular formula is C15H18Br2N2S. The van der Waals surface area contributed by atoms with Gasteiger partial charge in [-0.15, -0.1) is 11.3 Å². The lowest BCUT2D eigenvalue weighted by molar-refractivity contribution is 0.625. The Bertz CT molecular complexity index is 596. The van der Waals surface area contributed by atoms with Gasteiger partial charge in [0.05, 0.1) is 11.7 Å². The van der Waals surface area contributed by atoms with E-state index in [1.807, 2.05) is 0 Å². The van der Waals surface area contributed by atoms with Crippen molar-refractivity contribution in [1.82, 2.24) is 10.3 Å². The van der Waals surface area contributed by atoms with Gasteiger partial charge in [0.25, 0.3) is 0 Å². The van der Waals surface area contributed by atoms with Crippen LogP contribution >= 0.6 is 43.2 Å². The lowest BCUT2D eigenvalue weighted by Gasteiger charge is -2.16. The predicted octanol–water partition coefficient (Wildman–Crippen LogP) is 5.24. The predicted molar refractivity (Wildman–Crippen MR) is 93.6 cm³/mol. The fourth-order valence-corrected chi connectivity index (χ4v) is 3.90. The number of thiazole rings is 1. The van der Waals surface area contributed by atoms with E-state index in [1.54, 1.807) is 11.3 Å². The molecule has 2 rings (SSSR count). The van der Waals surface area contributed by atoms with E-state index < -0.39 is 0 Å². The van der Waals surface area contributed by atoms with Crippen LogP contribution in [0.2, 0.25) is 0 Å². The highest BCUT2D eigenvalue weighted by atomic mass is 79.9. The molecule has 1 heterocycles. The lowest BCUT2D eigenvalue weighted by atomic mass is 10.1. The van der Waals surface area contributed by atoms with Crippen LogP contribution in [0.4, 0.5) is 0 Å². The lowest BCUT2D eigenvalue weighted by Crippen LogP contribution is -2.22. The molecule has 0 fully saturated rings. The minimum Gasteiger partial charge on any atom is -0.305 e. The Balaban J connectivity index is 2.41. The molecule has 0 aliphatic heterocycles. The van der Waals surface area contributed by atoms with Crippen molar-refractivity contribution in [1.29, 1.82) is 0 Å². The Labute approximate surface area is 141 Å². The number of hydrogen-bond acceptors (Lipinski definition) is 3. The summed E-state index contributed by atoms with van der Waals surface area (Å²) in [7, 11) is 0. The molecule has 0 radical (unpaired) electrons. The topological polar surface area (TPSA) is 24.9 Å². The molecule has 0 aliphatic carbocycles. The van der Waals surface area contributed by atoms with Gasteiger partial charge in [0.2, 0.25) is 0 Å². The maximum Gasteiger partial charge on any atom is 0.115 e. The first-order chi connectivity index (χ1) is 9.56. The maximum absolute atomic E-state index is 4.80. The van der Waals surface area contributed by atoms with Gasteiger partial charge in [0.1, 0.15) is 5.01 Å². The van der Waals surface area contributed by atoms with Crippen LogP contribution in [0, 0.1) is 6.92 Å². The van der Waals surface area contributed by atoms with Crippen molar-refractivity contribution in [2.75, 3.05) is 6.54 Å². The van der Waals surface area contributed by atoms with Gasteiger partial charge < -0.3 is 5.32 Å². The fraction of sp³-hybridized carbons (Fsp3) is 0.400. The molecule has 108 valence electrons. The Morgan fingerprint density at radius 3 is 2.55 bits per heavy atom. The number of aromatic nitrogens is 1. The fourth-order valence-electron chi connectivity index (χ4n) is 2.15.